The molecule has 11 heteroatoms. The molecule has 3 aromatic carbocycles. The van der Waals surface area contributed by atoms with E-state index in [-0.39, 0.29) is 12.5 Å². The van der Waals surface area contributed by atoms with E-state index < -0.39 is 11.8 Å². The van der Waals surface area contributed by atoms with Crippen LogP contribution >= 0.6 is 27.5 Å². The average Bonchev–Trinajstić information content (AvgIpc) is 2.91. The number of rotatable bonds is 11. The van der Waals surface area contributed by atoms with E-state index >= 15 is 0 Å². The van der Waals surface area contributed by atoms with E-state index in [1.54, 1.807) is 60.7 Å². The normalized spacial score (nSPS) is 10.7. The van der Waals surface area contributed by atoms with Gasteiger partial charge in [0.2, 0.25) is 0 Å². The van der Waals surface area contributed by atoms with Gasteiger partial charge in [-0.05, 0) is 73.5 Å². The summed E-state index contributed by atoms with van der Waals surface area (Å²) in [6.07, 6.45) is 3.29. The van der Waals surface area contributed by atoms with Crippen LogP contribution in [0.25, 0.3) is 0 Å². The van der Waals surface area contributed by atoms with E-state index in [0.29, 0.717) is 40.1 Å². The molecule has 0 aliphatic carbocycles. The Bertz CT molecular complexity index is 1350. The van der Waals surface area contributed by atoms with E-state index in [0.717, 1.165) is 22.9 Å². The van der Waals surface area contributed by atoms with Crippen LogP contribution in [0, 0.1) is 6.92 Å². The lowest BCUT2D eigenvalue weighted by Crippen LogP contribution is -2.32. The van der Waals surface area contributed by atoms with Gasteiger partial charge in [0.25, 0.3) is 5.91 Å². The van der Waals surface area contributed by atoms with E-state index in [1.807, 2.05) is 6.92 Å². The minimum absolute atomic E-state index is 0.273. The van der Waals surface area contributed by atoms with Gasteiger partial charge in [-0.1, -0.05) is 46.9 Å². The van der Waals surface area contributed by atoms with E-state index in [1.165, 1.54) is 6.21 Å². The van der Waals surface area contributed by atoms with Crippen molar-refractivity contribution in [3.05, 3.63) is 81.3 Å². The molecule has 0 aliphatic rings. The van der Waals surface area contributed by atoms with Crippen LogP contribution in [0.1, 0.15) is 30.9 Å². The van der Waals surface area contributed by atoms with Crippen LogP contribution in [0.15, 0.2) is 70.2 Å². The Hall–Kier alpha value is -3.89. The number of carbonyl (C=O) groups excluding carboxylic acids is 3. The molecule has 0 saturated carbocycles. The summed E-state index contributed by atoms with van der Waals surface area (Å²) in [5.41, 5.74) is 4.54. The zero-order valence-electron chi connectivity index (χ0n) is 21.4. The van der Waals surface area contributed by atoms with Gasteiger partial charge in [0.1, 0.15) is 11.5 Å². The summed E-state index contributed by atoms with van der Waals surface area (Å²) >= 11 is 9.47. The van der Waals surface area contributed by atoms with Gasteiger partial charge >= 0.3 is 11.8 Å². The number of benzene rings is 3. The average molecular weight is 616 g/mol. The first-order chi connectivity index (χ1) is 18.7. The molecule has 0 unspecified atom stereocenters. The predicted octanol–water partition coefficient (Wildman–Crippen LogP) is 5.70. The topological polar surface area (TPSA) is 118 Å². The van der Waals surface area contributed by atoms with Crippen molar-refractivity contribution in [2.24, 2.45) is 5.10 Å². The second-order valence-electron chi connectivity index (χ2n) is 8.36. The maximum absolute atomic E-state index is 12.3. The third-order valence-electron chi connectivity index (χ3n) is 5.24. The number of amides is 3. The van der Waals surface area contributed by atoms with Crippen LogP contribution in [0.5, 0.6) is 11.5 Å². The highest BCUT2D eigenvalue weighted by molar-refractivity contribution is 9.10. The van der Waals surface area contributed by atoms with Crippen molar-refractivity contribution in [2.75, 3.05) is 23.8 Å². The Morgan fingerprint density at radius 1 is 0.949 bits per heavy atom. The summed E-state index contributed by atoms with van der Waals surface area (Å²) in [5, 5.41) is 9.61. The Labute approximate surface area is 240 Å². The summed E-state index contributed by atoms with van der Waals surface area (Å²) < 4.78 is 11.9. The zero-order chi connectivity index (χ0) is 28.2. The molecule has 39 heavy (non-hydrogen) atoms. The molecule has 0 aromatic heterocycles. The lowest BCUT2D eigenvalue weighted by atomic mass is 10.2. The summed E-state index contributed by atoms with van der Waals surface area (Å²) in [4.78, 5) is 36.8. The third kappa shape index (κ3) is 9.73. The van der Waals surface area contributed by atoms with Crippen molar-refractivity contribution in [3.8, 4) is 11.5 Å². The minimum Gasteiger partial charge on any atom is -0.494 e. The van der Waals surface area contributed by atoms with E-state index in [4.69, 9.17) is 21.1 Å². The number of hydrogen-bond acceptors (Lipinski definition) is 6. The maximum atomic E-state index is 12.3. The number of carbonyl (C=O) groups is 3. The molecule has 0 heterocycles. The molecular weight excluding hydrogens is 588 g/mol. The standard InChI is InChI=1S/C28H28BrClN4O5/c1-3-4-13-38-23-10-8-21(9-11-23)33-27(36)28(37)34-31-16-19-14-20(29)6-12-25(19)39-17-26(35)32-22-7-5-18(2)24(30)15-22/h5-12,14-16H,3-4,13,17H2,1-2H3,(H,32,35)(H,33,36)(H,34,37)/b31-16-. The first kappa shape index (κ1) is 29.7. The Morgan fingerprint density at radius 2 is 1.69 bits per heavy atom. The molecule has 3 N–H and O–H groups in total. The summed E-state index contributed by atoms with van der Waals surface area (Å²) in [5.74, 6) is -1.20. The number of nitrogens with one attached hydrogen (secondary N) is 3. The van der Waals surface area contributed by atoms with Gasteiger partial charge in [0.15, 0.2) is 6.61 Å². The van der Waals surface area contributed by atoms with Gasteiger partial charge < -0.3 is 20.1 Å². The number of aryl methyl sites for hydroxylation is 1. The molecule has 0 aliphatic heterocycles. The monoisotopic (exact) mass is 614 g/mol. The van der Waals surface area contributed by atoms with Crippen molar-refractivity contribution in [1.82, 2.24) is 5.43 Å². The third-order valence-corrected chi connectivity index (χ3v) is 6.14. The Balaban J connectivity index is 1.52. The smallest absolute Gasteiger partial charge is 0.329 e. The number of nitrogens with zero attached hydrogens (tertiary/aromatic N) is 1. The SMILES string of the molecule is CCCCOc1ccc(NC(=O)C(=O)N/N=C\c2cc(Br)ccc2OCC(=O)Nc2ccc(C)c(Cl)c2)cc1. The summed E-state index contributed by atoms with van der Waals surface area (Å²) in [7, 11) is 0. The fourth-order valence-corrected chi connectivity index (χ4v) is 3.69. The lowest BCUT2D eigenvalue weighted by molar-refractivity contribution is -0.136. The number of halogens is 2. The molecule has 9 nitrogen and oxygen atoms in total. The fourth-order valence-electron chi connectivity index (χ4n) is 3.13. The molecule has 204 valence electrons. The molecule has 0 fully saturated rings. The largest absolute Gasteiger partial charge is 0.494 e. The molecule has 3 rings (SSSR count). The number of unbranched alkanes of at least 4 members (excludes halogenated alkanes) is 1. The number of hydrazone groups is 1. The molecule has 0 spiro atoms. The number of hydrogen-bond donors (Lipinski definition) is 3. The molecule has 0 bridgehead atoms. The number of anilines is 2. The summed E-state index contributed by atoms with van der Waals surface area (Å²) in [6, 6.07) is 17.0. The van der Waals surface area contributed by atoms with Crippen LogP contribution in [0.4, 0.5) is 11.4 Å². The minimum atomic E-state index is -0.955. The van der Waals surface area contributed by atoms with E-state index in [2.05, 4.69) is 44.0 Å². The van der Waals surface area contributed by atoms with Crippen molar-refractivity contribution < 1.29 is 23.9 Å². The molecule has 0 saturated heterocycles. The van der Waals surface area contributed by atoms with Gasteiger partial charge in [-0.15, -0.1) is 0 Å². The van der Waals surface area contributed by atoms with Crippen molar-refractivity contribution in [3.63, 3.8) is 0 Å². The van der Waals surface area contributed by atoms with Crippen molar-refractivity contribution in [2.45, 2.75) is 26.7 Å². The first-order valence-electron chi connectivity index (χ1n) is 12.1. The Kier molecular flexibility index (Phi) is 11.3. The highest BCUT2D eigenvalue weighted by Crippen LogP contribution is 2.23. The highest BCUT2D eigenvalue weighted by atomic mass is 79.9. The molecule has 0 radical (unpaired) electrons. The van der Waals surface area contributed by atoms with Gasteiger partial charge in [0.05, 0.1) is 12.8 Å². The molecule has 3 amide bonds. The second kappa shape index (κ2) is 14.9. The maximum Gasteiger partial charge on any atom is 0.329 e. The van der Waals surface area contributed by atoms with Crippen LogP contribution in [-0.2, 0) is 14.4 Å². The molecular formula is C28H28BrClN4O5. The van der Waals surface area contributed by atoms with Crippen molar-refractivity contribution >= 4 is 62.8 Å². The van der Waals surface area contributed by atoms with E-state index in [9.17, 15) is 14.4 Å². The first-order valence-corrected chi connectivity index (χ1v) is 13.3. The van der Waals surface area contributed by atoms with Crippen LogP contribution in [0.3, 0.4) is 0 Å². The predicted molar refractivity (Wildman–Crippen MR) is 156 cm³/mol. The van der Waals surface area contributed by atoms with Gasteiger partial charge in [-0.3, -0.25) is 14.4 Å². The van der Waals surface area contributed by atoms with Crippen LogP contribution in [0.2, 0.25) is 5.02 Å². The van der Waals surface area contributed by atoms with Crippen molar-refractivity contribution in [1.29, 1.82) is 0 Å². The van der Waals surface area contributed by atoms with Crippen LogP contribution in [-0.4, -0.2) is 37.1 Å². The second-order valence-corrected chi connectivity index (χ2v) is 9.69. The number of ether oxygens (including phenoxy) is 2. The van der Waals surface area contributed by atoms with Gasteiger partial charge in [-0.2, -0.15) is 5.10 Å². The molecule has 0 atom stereocenters. The lowest BCUT2D eigenvalue weighted by Gasteiger charge is -2.11. The van der Waals surface area contributed by atoms with Crippen LogP contribution < -0.4 is 25.5 Å². The quantitative estimate of drug-likeness (QED) is 0.111. The van der Waals surface area contributed by atoms with Gasteiger partial charge in [0, 0.05) is 26.4 Å². The fraction of sp³-hybridized carbons (Fsp3) is 0.214. The summed E-state index contributed by atoms with van der Waals surface area (Å²) in [6.45, 7) is 4.29. The molecule has 3 aromatic rings. The Morgan fingerprint density at radius 3 is 2.41 bits per heavy atom. The zero-order valence-corrected chi connectivity index (χ0v) is 23.8. The highest BCUT2D eigenvalue weighted by Gasteiger charge is 2.13. The van der Waals surface area contributed by atoms with Gasteiger partial charge in [-0.25, -0.2) is 5.43 Å².